The summed E-state index contributed by atoms with van der Waals surface area (Å²) in [6.45, 7) is 0. The van der Waals surface area contributed by atoms with Gasteiger partial charge in [0.05, 0.1) is 10.5 Å². The lowest BCUT2D eigenvalue weighted by atomic mass is 10.2. The highest BCUT2D eigenvalue weighted by Gasteiger charge is 2.06. The molecule has 0 fully saturated rings. The summed E-state index contributed by atoms with van der Waals surface area (Å²) in [5, 5.41) is 18.6. The maximum Gasteiger partial charge on any atom is 0.425 e. The van der Waals surface area contributed by atoms with E-state index in [0.29, 0.717) is 0 Å². The molecule has 0 unspecified atom stereocenters. The highest BCUT2D eigenvalue weighted by atomic mass is 32.2. The molecule has 0 atom stereocenters. The van der Waals surface area contributed by atoms with E-state index in [2.05, 4.69) is 0 Å². The Morgan fingerprint density at radius 1 is 1.19 bits per heavy atom. The summed E-state index contributed by atoms with van der Waals surface area (Å²) in [4.78, 5) is 19.9. The van der Waals surface area contributed by atoms with E-state index in [1.807, 2.05) is 0 Å². The number of hydrogen-bond acceptors (Lipinski definition) is 6. The minimum absolute atomic E-state index is 0.0422. The van der Waals surface area contributed by atoms with Crippen LogP contribution in [0.15, 0.2) is 24.3 Å². The minimum atomic E-state index is -3.11. The molecule has 1 rings (SSSR count). The van der Waals surface area contributed by atoms with Crippen molar-refractivity contribution in [3.8, 4) is 0 Å². The van der Waals surface area contributed by atoms with Crippen LogP contribution in [0.25, 0.3) is 0 Å². The van der Waals surface area contributed by atoms with Gasteiger partial charge in [-0.25, -0.2) is 4.79 Å². The Bertz CT molecular complexity index is 449. The number of carbonyl (C=O) groups is 1. The largest absolute Gasteiger partial charge is 0.478 e. The van der Waals surface area contributed by atoms with Crippen LogP contribution in [0.3, 0.4) is 0 Å². The summed E-state index contributed by atoms with van der Waals surface area (Å²) in [6.07, 6.45) is 0. The molecule has 0 saturated carbocycles. The number of nitrogens with zero attached hydrogens (tertiary/aromatic N) is 1. The van der Waals surface area contributed by atoms with Crippen LogP contribution in [0.5, 0.6) is 0 Å². The topological polar surface area (TPSA) is 132 Å². The van der Waals surface area contributed by atoms with Gasteiger partial charge in [-0.1, -0.05) is 0 Å². The smallest absolute Gasteiger partial charge is 0.425 e. The molecular weight excluding hydrogens is 242 g/mol. The number of non-ortho nitro benzene ring substituents is 1. The zero-order chi connectivity index (χ0) is 12.7. The first kappa shape index (κ1) is 13.7. The number of nitro groups is 1. The SMILES string of the molecule is O=C(O)c1ccc([N+](=O)[O-])cc1.O=S(=O)=O. The Balaban J connectivity index is 0.000000487. The third-order valence-corrected chi connectivity index (χ3v) is 1.33. The van der Waals surface area contributed by atoms with Gasteiger partial charge in [-0.3, -0.25) is 10.1 Å². The van der Waals surface area contributed by atoms with E-state index in [9.17, 15) is 14.9 Å². The van der Waals surface area contributed by atoms with Crippen LogP contribution in [0.4, 0.5) is 5.69 Å². The molecule has 0 bridgehead atoms. The standard InChI is InChI=1S/C7H5NO4.O3S/c9-7(10)5-1-3-6(4-2-5)8(11)12;1-4(2)3/h1-4H,(H,9,10);. The highest BCUT2D eigenvalue weighted by molar-refractivity contribution is 7.59. The fraction of sp³-hybridized carbons (Fsp3) is 0. The molecule has 1 aromatic carbocycles. The van der Waals surface area contributed by atoms with E-state index in [1.54, 1.807) is 0 Å². The molecule has 0 aliphatic carbocycles. The zero-order valence-electron chi connectivity index (χ0n) is 7.56. The predicted molar refractivity (Wildman–Crippen MR) is 49.8 cm³/mol. The first-order valence-corrected chi connectivity index (χ1v) is 4.59. The lowest BCUT2D eigenvalue weighted by Crippen LogP contribution is -1.96. The van der Waals surface area contributed by atoms with E-state index in [1.165, 1.54) is 12.1 Å². The number of nitro benzene ring substituents is 1. The lowest BCUT2D eigenvalue weighted by molar-refractivity contribution is -0.384. The van der Waals surface area contributed by atoms with Crippen LogP contribution in [0.1, 0.15) is 10.4 Å². The van der Waals surface area contributed by atoms with Gasteiger partial charge in [0.1, 0.15) is 0 Å². The lowest BCUT2D eigenvalue weighted by Gasteiger charge is -1.92. The Hall–Kier alpha value is -2.29. The third kappa shape index (κ3) is 5.44. The summed E-state index contributed by atoms with van der Waals surface area (Å²) in [6, 6.07) is 4.70. The van der Waals surface area contributed by atoms with Crippen molar-refractivity contribution in [2.45, 2.75) is 0 Å². The van der Waals surface area contributed by atoms with Crippen molar-refractivity contribution in [2.24, 2.45) is 0 Å². The van der Waals surface area contributed by atoms with Crippen LogP contribution >= 0.6 is 0 Å². The van der Waals surface area contributed by atoms with Crippen molar-refractivity contribution in [3.63, 3.8) is 0 Å². The average Bonchev–Trinajstić information content (AvgIpc) is 2.17. The number of hydrogen-bond donors (Lipinski definition) is 1. The maximum absolute atomic E-state index is 10.3. The molecule has 0 heterocycles. The Kier molecular flexibility index (Phi) is 5.35. The van der Waals surface area contributed by atoms with E-state index in [0.717, 1.165) is 12.1 Å². The number of benzene rings is 1. The molecule has 8 nitrogen and oxygen atoms in total. The van der Waals surface area contributed by atoms with Gasteiger partial charge in [-0.15, -0.1) is 12.6 Å². The van der Waals surface area contributed by atoms with Crippen molar-refractivity contribution < 1.29 is 27.5 Å². The van der Waals surface area contributed by atoms with Gasteiger partial charge in [-0.05, 0) is 12.1 Å². The second-order valence-corrected chi connectivity index (χ2v) is 2.72. The molecule has 16 heavy (non-hydrogen) atoms. The van der Waals surface area contributed by atoms with Gasteiger partial charge in [-0.2, -0.15) is 0 Å². The van der Waals surface area contributed by atoms with E-state index < -0.39 is 21.5 Å². The quantitative estimate of drug-likeness (QED) is 0.586. The van der Waals surface area contributed by atoms with Gasteiger partial charge in [0, 0.05) is 12.1 Å². The molecule has 0 spiro atoms. The second kappa shape index (κ2) is 6.24. The maximum atomic E-state index is 10.3. The number of carboxylic acids is 1. The average molecular weight is 247 g/mol. The zero-order valence-corrected chi connectivity index (χ0v) is 8.38. The molecular formula is C7H5NO7S. The van der Waals surface area contributed by atoms with Gasteiger partial charge in [0.25, 0.3) is 5.69 Å². The van der Waals surface area contributed by atoms with Gasteiger partial charge < -0.3 is 5.11 Å². The molecule has 9 heteroatoms. The van der Waals surface area contributed by atoms with Crippen LogP contribution in [0, 0.1) is 10.1 Å². The molecule has 86 valence electrons. The van der Waals surface area contributed by atoms with Crippen LogP contribution in [-0.2, 0) is 10.6 Å². The second-order valence-electron chi connectivity index (χ2n) is 2.31. The monoisotopic (exact) mass is 247 g/mol. The van der Waals surface area contributed by atoms with Crippen molar-refractivity contribution in [1.29, 1.82) is 0 Å². The summed E-state index contributed by atoms with van der Waals surface area (Å²) in [7, 11) is -3.11. The number of aromatic carboxylic acids is 1. The fourth-order valence-electron chi connectivity index (χ4n) is 0.726. The van der Waals surface area contributed by atoms with Crippen molar-refractivity contribution in [1.82, 2.24) is 0 Å². The predicted octanol–water partition coefficient (Wildman–Crippen LogP) is 0.289. The Morgan fingerprint density at radius 3 is 1.81 bits per heavy atom. The van der Waals surface area contributed by atoms with Gasteiger partial charge in [0.15, 0.2) is 0 Å². The normalized spacial score (nSPS) is 8.50. The molecule has 1 N–H and O–H groups in total. The number of rotatable bonds is 2. The van der Waals surface area contributed by atoms with Crippen LogP contribution < -0.4 is 0 Å². The highest BCUT2D eigenvalue weighted by Crippen LogP contribution is 2.11. The molecule has 0 aliphatic heterocycles. The van der Waals surface area contributed by atoms with Crippen molar-refractivity contribution in [2.75, 3.05) is 0 Å². The van der Waals surface area contributed by atoms with Crippen LogP contribution in [-0.4, -0.2) is 28.6 Å². The summed E-state index contributed by atoms with van der Waals surface area (Å²) in [5.41, 5.74) is -0.0689. The van der Waals surface area contributed by atoms with Gasteiger partial charge in [0.2, 0.25) is 0 Å². The van der Waals surface area contributed by atoms with Crippen LogP contribution in [0.2, 0.25) is 0 Å². The van der Waals surface area contributed by atoms with E-state index in [-0.39, 0.29) is 11.3 Å². The van der Waals surface area contributed by atoms with E-state index in [4.69, 9.17) is 17.7 Å². The first-order chi connectivity index (χ1) is 7.34. The summed E-state index contributed by atoms with van der Waals surface area (Å²) >= 11 is 0. The molecule has 0 saturated heterocycles. The fourth-order valence-corrected chi connectivity index (χ4v) is 0.726. The van der Waals surface area contributed by atoms with Crippen molar-refractivity contribution >= 4 is 22.3 Å². The van der Waals surface area contributed by atoms with Crippen molar-refractivity contribution in [3.05, 3.63) is 39.9 Å². The number of carboxylic acid groups (broad SMARTS) is 1. The summed E-state index contributed by atoms with van der Waals surface area (Å²) in [5.74, 6) is -1.09. The molecule has 0 aromatic heterocycles. The minimum Gasteiger partial charge on any atom is -0.478 e. The summed E-state index contributed by atoms with van der Waals surface area (Å²) < 4.78 is 25.3. The molecule has 0 amide bonds. The molecule has 1 aromatic rings. The molecule has 0 radical (unpaired) electrons. The third-order valence-electron chi connectivity index (χ3n) is 1.33. The Labute approximate surface area is 90.4 Å². The van der Waals surface area contributed by atoms with Gasteiger partial charge >= 0.3 is 16.6 Å². The molecule has 0 aliphatic rings. The Morgan fingerprint density at radius 2 is 1.56 bits per heavy atom. The van der Waals surface area contributed by atoms with E-state index >= 15 is 0 Å². The first-order valence-electron chi connectivity index (χ1n) is 3.59.